The van der Waals surface area contributed by atoms with E-state index < -0.39 is 0 Å². The van der Waals surface area contributed by atoms with Gasteiger partial charge in [0, 0.05) is 16.7 Å². The lowest BCUT2D eigenvalue weighted by Crippen LogP contribution is -1.86. The van der Waals surface area contributed by atoms with Crippen LogP contribution in [0, 0.1) is 0 Å². The Morgan fingerprint density at radius 3 is 2.87 bits per heavy atom. The number of nitrogens with zero attached hydrogens (tertiary/aromatic N) is 2. The summed E-state index contributed by atoms with van der Waals surface area (Å²) in [6, 6.07) is 10.0. The Labute approximate surface area is 97.7 Å². The van der Waals surface area contributed by atoms with Crippen molar-refractivity contribution in [2.45, 2.75) is 4.90 Å². The van der Waals surface area contributed by atoms with Crippen molar-refractivity contribution in [1.82, 2.24) is 9.97 Å². The molecule has 4 heteroatoms. The van der Waals surface area contributed by atoms with E-state index in [1.54, 1.807) is 18.0 Å². The Morgan fingerprint density at radius 2 is 2.13 bits per heavy atom. The Kier molecular flexibility index (Phi) is 3.23. The molecule has 0 saturated heterocycles. The standard InChI is InChI=1S/C11H9ClN2S/c1-15-9-4-2-3-8(7-9)10-5-6-13-11(12)14-10/h2-7H,1H3. The van der Waals surface area contributed by atoms with E-state index in [1.165, 1.54) is 4.90 Å². The number of benzene rings is 1. The maximum absolute atomic E-state index is 5.74. The molecule has 0 bridgehead atoms. The summed E-state index contributed by atoms with van der Waals surface area (Å²) in [7, 11) is 0. The minimum absolute atomic E-state index is 0.280. The molecule has 76 valence electrons. The maximum atomic E-state index is 5.74. The average molecular weight is 237 g/mol. The number of hydrogen-bond donors (Lipinski definition) is 0. The molecular weight excluding hydrogens is 228 g/mol. The summed E-state index contributed by atoms with van der Waals surface area (Å²) in [4.78, 5) is 9.23. The molecule has 0 radical (unpaired) electrons. The summed E-state index contributed by atoms with van der Waals surface area (Å²) in [5.74, 6) is 0. The van der Waals surface area contributed by atoms with E-state index in [2.05, 4.69) is 22.1 Å². The van der Waals surface area contributed by atoms with Gasteiger partial charge in [-0.1, -0.05) is 12.1 Å². The van der Waals surface area contributed by atoms with E-state index in [0.29, 0.717) is 0 Å². The van der Waals surface area contributed by atoms with Crippen LogP contribution in [0.2, 0.25) is 5.28 Å². The van der Waals surface area contributed by atoms with Crippen LogP contribution in [0.15, 0.2) is 41.4 Å². The molecule has 15 heavy (non-hydrogen) atoms. The second-order valence-electron chi connectivity index (χ2n) is 2.94. The van der Waals surface area contributed by atoms with Gasteiger partial charge >= 0.3 is 0 Å². The van der Waals surface area contributed by atoms with Crippen LogP contribution in [-0.2, 0) is 0 Å². The smallest absolute Gasteiger partial charge is 0.222 e. The van der Waals surface area contributed by atoms with E-state index in [9.17, 15) is 0 Å². The van der Waals surface area contributed by atoms with Gasteiger partial charge in [0.05, 0.1) is 5.69 Å². The van der Waals surface area contributed by atoms with E-state index >= 15 is 0 Å². The summed E-state index contributed by atoms with van der Waals surface area (Å²) >= 11 is 7.45. The molecule has 0 aliphatic carbocycles. The van der Waals surface area contributed by atoms with Crippen LogP contribution in [-0.4, -0.2) is 16.2 Å². The third kappa shape index (κ3) is 2.49. The molecule has 2 nitrogen and oxygen atoms in total. The molecule has 2 aromatic rings. The number of halogens is 1. The average Bonchev–Trinajstić information content (AvgIpc) is 2.29. The highest BCUT2D eigenvalue weighted by atomic mass is 35.5. The van der Waals surface area contributed by atoms with Crippen molar-refractivity contribution in [3.8, 4) is 11.3 Å². The topological polar surface area (TPSA) is 25.8 Å². The van der Waals surface area contributed by atoms with Crippen molar-refractivity contribution >= 4 is 23.4 Å². The first-order valence-electron chi connectivity index (χ1n) is 4.42. The van der Waals surface area contributed by atoms with Crippen LogP contribution in [0.1, 0.15) is 0 Å². The molecule has 0 fully saturated rings. The second kappa shape index (κ2) is 4.64. The predicted molar refractivity (Wildman–Crippen MR) is 64.3 cm³/mol. The lowest BCUT2D eigenvalue weighted by Gasteiger charge is -2.02. The third-order valence-electron chi connectivity index (χ3n) is 1.99. The van der Waals surface area contributed by atoms with Gasteiger partial charge in [-0.15, -0.1) is 11.8 Å². The number of aromatic nitrogens is 2. The first kappa shape index (κ1) is 10.5. The van der Waals surface area contributed by atoms with Crippen molar-refractivity contribution in [3.63, 3.8) is 0 Å². The predicted octanol–water partition coefficient (Wildman–Crippen LogP) is 3.52. The lowest BCUT2D eigenvalue weighted by atomic mass is 10.1. The quantitative estimate of drug-likeness (QED) is 0.590. The van der Waals surface area contributed by atoms with Gasteiger partial charge in [0.1, 0.15) is 0 Å². The fraction of sp³-hybridized carbons (Fsp3) is 0.0909. The van der Waals surface area contributed by atoms with Crippen molar-refractivity contribution in [3.05, 3.63) is 41.8 Å². The van der Waals surface area contributed by atoms with Gasteiger partial charge in [-0.05, 0) is 36.1 Å². The Hall–Kier alpha value is -1.06. The highest BCUT2D eigenvalue weighted by Crippen LogP contribution is 2.23. The zero-order valence-corrected chi connectivity index (χ0v) is 9.72. The Balaban J connectivity index is 2.44. The number of hydrogen-bond acceptors (Lipinski definition) is 3. The normalized spacial score (nSPS) is 10.3. The van der Waals surface area contributed by atoms with Crippen LogP contribution in [0.5, 0.6) is 0 Å². The molecule has 0 spiro atoms. The van der Waals surface area contributed by atoms with Crippen molar-refractivity contribution in [2.24, 2.45) is 0 Å². The van der Waals surface area contributed by atoms with Gasteiger partial charge in [0.2, 0.25) is 5.28 Å². The van der Waals surface area contributed by atoms with Gasteiger partial charge in [0.25, 0.3) is 0 Å². The molecule has 1 aromatic heterocycles. The zero-order valence-electron chi connectivity index (χ0n) is 8.14. The van der Waals surface area contributed by atoms with E-state index in [4.69, 9.17) is 11.6 Å². The molecular formula is C11H9ClN2S. The molecule has 0 aliphatic heterocycles. The van der Waals surface area contributed by atoms with Crippen molar-refractivity contribution < 1.29 is 0 Å². The number of rotatable bonds is 2. The van der Waals surface area contributed by atoms with Gasteiger partial charge in [0.15, 0.2) is 0 Å². The minimum Gasteiger partial charge on any atom is -0.226 e. The van der Waals surface area contributed by atoms with Gasteiger partial charge < -0.3 is 0 Å². The van der Waals surface area contributed by atoms with Crippen LogP contribution < -0.4 is 0 Å². The Bertz CT molecular complexity index is 474. The molecule has 2 rings (SSSR count). The summed E-state index contributed by atoms with van der Waals surface area (Å²) in [6.07, 6.45) is 3.71. The van der Waals surface area contributed by atoms with E-state index in [-0.39, 0.29) is 5.28 Å². The molecule has 0 N–H and O–H groups in total. The highest BCUT2D eigenvalue weighted by Gasteiger charge is 2.01. The molecule has 0 amide bonds. The van der Waals surface area contributed by atoms with Gasteiger partial charge in [-0.2, -0.15) is 0 Å². The molecule has 1 aromatic carbocycles. The highest BCUT2D eigenvalue weighted by molar-refractivity contribution is 7.98. The van der Waals surface area contributed by atoms with Crippen LogP contribution >= 0.6 is 23.4 Å². The lowest BCUT2D eigenvalue weighted by molar-refractivity contribution is 1.17. The first-order chi connectivity index (χ1) is 7.29. The first-order valence-corrected chi connectivity index (χ1v) is 6.03. The monoisotopic (exact) mass is 236 g/mol. The summed E-state index contributed by atoms with van der Waals surface area (Å²) in [6.45, 7) is 0. The molecule has 0 atom stereocenters. The Morgan fingerprint density at radius 1 is 1.27 bits per heavy atom. The largest absolute Gasteiger partial charge is 0.226 e. The minimum atomic E-state index is 0.280. The summed E-state index contributed by atoms with van der Waals surface area (Å²) in [5, 5.41) is 0.280. The van der Waals surface area contributed by atoms with Gasteiger partial charge in [-0.3, -0.25) is 0 Å². The molecule has 0 saturated carbocycles. The zero-order chi connectivity index (χ0) is 10.7. The van der Waals surface area contributed by atoms with E-state index in [1.807, 2.05) is 24.5 Å². The van der Waals surface area contributed by atoms with Crippen LogP contribution in [0.25, 0.3) is 11.3 Å². The molecule has 1 heterocycles. The van der Waals surface area contributed by atoms with Crippen LogP contribution in [0.4, 0.5) is 0 Å². The van der Waals surface area contributed by atoms with E-state index in [0.717, 1.165) is 11.3 Å². The SMILES string of the molecule is CSc1cccc(-c2ccnc(Cl)n2)c1. The van der Waals surface area contributed by atoms with Crippen LogP contribution in [0.3, 0.4) is 0 Å². The molecule has 0 aliphatic rings. The molecule has 0 unspecified atom stereocenters. The van der Waals surface area contributed by atoms with Crippen molar-refractivity contribution in [2.75, 3.05) is 6.26 Å². The number of thioether (sulfide) groups is 1. The fourth-order valence-electron chi connectivity index (χ4n) is 1.28. The third-order valence-corrected chi connectivity index (χ3v) is 2.90. The van der Waals surface area contributed by atoms with Crippen molar-refractivity contribution in [1.29, 1.82) is 0 Å². The second-order valence-corrected chi connectivity index (χ2v) is 4.16. The maximum Gasteiger partial charge on any atom is 0.222 e. The van der Waals surface area contributed by atoms with Gasteiger partial charge in [-0.25, -0.2) is 9.97 Å². The summed E-state index contributed by atoms with van der Waals surface area (Å²) < 4.78 is 0. The fourth-order valence-corrected chi connectivity index (χ4v) is 1.88. The summed E-state index contributed by atoms with van der Waals surface area (Å²) in [5.41, 5.74) is 1.91.